The predicted molar refractivity (Wildman–Crippen MR) is 93.6 cm³/mol. The van der Waals surface area contributed by atoms with Gasteiger partial charge in [0.25, 0.3) is 0 Å². The van der Waals surface area contributed by atoms with Crippen LogP contribution in [0.25, 0.3) is 0 Å². The third-order valence-electron chi connectivity index (χ3n) is 3.52. The number of nitrogens with one attached hydrogen (secondary N) is 2. The molecule has 1 aromatic rings. The lowest BCUT2D eigenvalue weighted by atomic mass is 10.3. The molecule has 0 spiro atoms. The van der Waals surface area contributed by atoms with Gasteiger partial charge in [-0.1, -0.05) is 6.92 Å². The van der Waals surface area contributed by atoms with Crippen LogP contribution in [0.3, 0.4) is 0 Å². The van der Waals surface area contributed by atoms with Crippen LogP contribution in [-0.2, 0) is 9.59 Å². The number of imide groups is 1. The van der Waals surface area contributed by atoms with Crippen molar-refractivity contribution in [3.63, 3.8) is 0 Å². The fraction of sp³-hybridized carbons (Fsp3) is 0.471. The number of carboxylic acids is 1. The number of hydrogen-bond acceptors (Lipinski definition) is 6. The van der Waals surface area contributed by atoms with Crippen LogP contribution in [0, 0.1) is 0 Å². The Morgan fingerprint density at radius 3 is 2.58 bits per heavy atom. The van der Waals surface area contributed by atoms with Gasteiger partial charge in [-0.2, -0.15) is 0 Å². The van der Waals surface area contributed by atoms with Gasteiger partial charge in [0.15, 0.2) is 11.5 Å². The molecule has 0 radical (unpaired) electrons. The molecule has 0 atom stereocenters. The number of rotatable bonds is 7. The molecular formula is C17H23N3O6. The van der Waals surface area contributed by atoms with E-state index in [1.165, 1.54) is 4.90 Å². The lowest BCUT2D eigenvalue weighted by Crippen LogP contribution is -2.43. The van der Waals surface area contributed by atoms with Crippen LogP contribution in [0.2, 0.25) is 0 Å². The zero-order valence-corrected chi connectivity index (χ0v) is 14.6. The highest BCUT2D eigenvalue weighted by Gasteiger charge is 2.16. The van der Waals surface area contributed by atoms with E-state index in [9.17, 15) is 14.4 Å². The number of urea groups is 1. The Bertz CT molecular complexity index is 664. The van der Waals surface area contributed by atoms with Gasteiger partial charge in [0.1, 0.15) is 0 Å². The summed E-state index contributed by atoms with van der Waals surface area (Å²) in [7, 11) is 0. The van der Waals surface area contributed by atoms with Crippen LogP contribution in [0.5, 0.6) is 11.5 Å². The number of benzene rings is 1. The van der Waals surface area contributed by atoms with Crippen LogP contribution in [0.4, 0.5) is 10.5 Å². The highest BCUT2D eigenvalue weighted by molar-refractivity contribution is 6.02. The maximum atomic E-state index is 12.0. The molecule has 0 fully saturated rings. The highest BCUT2D eigenvalue weighted by Crippen LogP contribution is 2.32. The van der Waals surface area contributed by atoms with Crippen LogP contribution in [-0.4, -0.2) is 60.8 Å². The number of amides is 3. The standard InChI is InChI=1S/C17H23N3O6/c1-2-6-20(11-16(22)23)10-15(21)19-17(24)18-12-4-5-13-14(9-12)26-8-3-7-25-13/h4-5,9H,2-3,6-8,10-11H2,1H3,(H,22,23)(H2,18,19,21,24). The number of carbonyl (C=O) groups excluding carboxylic acids is 2. The molecule has 0 saturated carbocycles. The van der Waals surface area contributed by atoms with Crippen molar-refractivity contribution < 1.29 is 29.0 Å². The number of nitrogens with zero attached hydrogens (tertiary/aromatic N) is 1. The summed E-state index contributed by atoms with van der Waals surface area (Å²) < 4.78 is 11.1. The fourth-order valence-electron chi connectivity index (χ4n) is 2.49. The van der Waals surface area contributed by atoms with Gasteiger partial charge < -0.3 is 19.9 Å². The van der Waals surface area contributed by atoms with E-state index in [4.69, 9.17) is 14.6 Å². The molecule has 1 heterocycles. The molecule has 26 heavy (non-hydrogen) atoms. The van der Waals surface area contributed by atoms with E-state index >= 15 is 0 Å². The average Bonchev–Trinajstić information content (AvgIpc) is 2.79. The molecule has 3 amide bonds. The van der Waals surface area contributed by atoms with E-state index in [0.717, 1.165) is 6.42 Å². The summed E-state index contributed by atoms with van der Waals surface area (Å²) in [5.74, 6) is -0.468. The Morgan fingerprint density at radius 1 is 1.15 bits per heavy atom. The summed E-state index contributed by atoms with van der Waals surface area (Å²) in [6.07, 6.45) is 1.47. The first kappa shape index (κ1) is 19.5. The first-order chi connectivity index (χ1) is 12.5. The molecule has 0 aliphatic carbocycles. The van der Waals surface area contributed by atoms with Crippen molar-refractivity contribution in [3.05, 3.63) is 18.2 Å². The normalized spacial score (nSPS) is 13.0. The molecule has 0 bridgehead atoms. The van der Waals surface area contributed by atoms with E-state index in [1.807, 2.05) is 6.92 Å². The van der Waals surface area contributed by atoms with Gasteiger partial charge in [-0.25, -0.2) is 4.79 Å². The molecule has 9 heteroatoms. The average molecular weight is 365 g/mol. The van der Waals surface area contributed by atoms with Crippen LogP contribution in [0.15, 0.2) is 18.2 Å². The Morgan fingerprint density at radius 2 is 1.88 bits per heavy atom. The van der Waals surface area contributed by atoms with Crippen molar-refractivity contribution >= 4 is 23.6 Å². The first-order valence-electron chi connectivity index (χ1n) is 8.42. The molecule has 9 nitrogen and oxygen atoms in total. The summed E-state index contributed by atoms with van der Waals surface area (Å²) in [5, 5.41) is 13.6. The molecule has 0 unspecified atom stereocenters. The Balaban J connectivity index is 1.88. The zero-order valence-electron chi connectivity index (χ0n) is 14.6. The van der Waals surface area contributed by atoms with E-state index in [-0.39, 0.29) is 13.1 Å². The largest absolute Gasteiger partial charge is 0.490 e. The number of fused-ring (bicyclic) bond motifs is 1. The molecule has 1 aliphatic heterocycles. The number of carbonyl (C=O) groups is 3. The van der Waals surface area contributed by atoms with Gasteiger partial charge in [-0.3, -0.25) is 19.8 Å². The second-order valence-electron chi connectivity index (χ2n) is 5.82. The fourth-order valence-corrected chi connectivity index (χ4v) is 2.49. The van der Waals surface area contributed by atoms with E-state index < -0.39 is 17.9 Å². The number of ether oxygens (including phenoxy) is 2. The smallest absolute Gasteiger partial charge is 0.325 e. The molecule has 2 rings (SSSR count). The van der Waals surface area contributed by atoms with Gasteiger partial charge in [0.05, 0.1) is 26.3 Å². The highest BCUT2D eigenvalue weighted by atomic mass is 16.5. The lowest BCUT2D eigenvalue weighted by Gasteiger charge is -2.18. The molecular weight excluding hydrogens is 342 g/mol. The first-order valence-corrected chi connectivity index (χ1v) is 8.42. The third-order valence-corrected chi connectivity index (χ3v) is 3.52. The molecule has 1 aromatic carbocycles. The summed E-state index contributed by atoms with van der Waals surface area (Å²) in [6.45, 7) is 2.99. The number of hydrogen-bond donors (Lipinski definition) is 3. The molecule has 3 N–H and O–H groups in total. The van der Waals surface area contributed by atoms with Crippen molar-refractivity contribution in [3.8, 4) is 11.5 Å². The van der Waals surface area contributed by atoms with Crippen LogP contribution in [0.1, 0.15) is 19.8 Å². The molecule has 0 aromatic heterocycles. The summed E-state index contributed by atoms with van der Waals surface area (Å²) >= 11 is 0. The van der Waals surface area contributed by atoms with E-state index in [0.29, 0.717) is 43.4 Å². The van der Waals surface area contributed by atoms with Crippen molar-refractivity contribution in [1.29, 1.82) is 0 Å². The lowest BCUT2D eigenvalue weighted by molar-refractivity contribution is -0.138. The Kier molecular flexibility index (Phi) is 7.22. The second-order valence-corrected chi connectivity index (χ2v) is 5.82. The summed E-state index contributed by atoms with van der Waals surface area (Å²) in [6, 6.07) is 4.26. The minimum atomic E-state index is -1.03. The van der Waals surface area contributed by atoms with Crippen LogP contribution >= 0.6 is 0 Å². The van der Waals surface area contributed by atoms with Crippen molar-refractivity contribution in [2.75, 3.05) is 38.2 Å². The second kappa shape index (κ2) is 9.62. The predicted octanol–water partition coefficient (Wildman–Crippen LogP) is 1.29. The van der Waals surface area contributed by atoms with Crippen molar-refractivity contribution in [1.82, 2.24) is 10.2 Å². The van der Waals surface area contributed by atoms with Gasteiger partial charge in [-0.05, 0) is 25.1 Å². The molecule has 142 valence electrons. The number of anilines is 1. The van der Waals surface area contributed by atoms with Crippen LogP contribution < -0.4 is 20.1 Å². The van der Waals surface area contributed by atoms with Gasteiger partial charge in [0.2, 0.25) is 5.91 Å². The number of carboxylic acid groups (broad SMARTS) is 1. The topological polar surface area (TPSA) is 117 Å². The number of aliphatic carboxylic acids is 1. The Labute approximate surface area is 151 Å². The maximum absolute atomic E-state index is 12.0. The quantitative estimate of drug-likeness (QED) is 0.666. The van der Waals surface area contributed by atoms with Crippen molar-refractivity contribution in [2.24, 2.45) is 0 Å². The third kappa shape index (κ3) is 6.25. The monoisotopic (exact) mass is 365 g/mol. The summed E-state index contributed by atoms with van der Waals surface area (Å²) in [4.78, 5) is 36.2. The van der Waals surface area contributed by atoms with E-state index in [2.05, 4.69) is 10.6 Å². The van der Waals surface area contributed by atoms with Gasteiger partial charge in [-0.15, -0.1) is 0 Å². The molecule has 0 saturated heterocycles. The van der Waals surface area contributed by atoms with Gasteiger partial charge in [0, 0.05) is 18.2 Å². The zero-order chi connectivity index (χ0) is 18.9. The Hall–Kier alpha value is -2.81. The molecule has 1 aliphatic rings. The maximum Gasteiger partial charge on any atom is 0.325 e. The van der Waals surface area contributed by atoms with E-state index in [1.54, 1.807) is 18.2 Å². The van der Waals surface area contributed by atoms with Crippen molar-refractivity contribution in [2.45, 2.75) is 19.8 Å². The SMILES string of the molecule is CCCN(CC(=O)O)CC(=O)NC(=O)Nc1ccc2c(c1)OCCCO2. The summed E-state index contributed by atoms with van der Waals surface area (Å²) in [5.41, 5.74) is 0.454. The minimum Gasteiger partial charge on any atom is -0.490 e. The minimum absolute atomic E-state index is 0.172. The van der Waals surface area contributed by atoms with Gasteiger partial charge >= 0.3 is 12.0 Å².